The highest BCUT2D eigenvalue weighted by atomic mass is 127. The number of methoxy groups -OCH3 is 1. The van der Waals surface area contributed by atoms with Crippen molar-refractivity contribution in [2.24, 2.45) is 10.7 Å². The number of ether oxygens (including phenoxy) is 1. The largest absolute Gasteiger partial charge is 0.497 e. The van der Waals surface area contributed by atoms with Gasteiger partial charge in [0.1, 0.15) is 11.4 Å². The molecule has 0 amide bonds. The molecule has 2 aromatic heterocycles. The Balaban J connectivity index is 0.00000243. The third-order valence-electron chi connectivity index (χ3n) is 3.31. The summed E-state index contributed by atoms with van der Waals surface area (Å²) < 4.78 is 10.4. The highest BCUT2D eigenvalue weighted by Crippen LogP contribution is 2.16. The molecule has 0 atom stereocenters. The molecular formula is C17H19IN6O2. The zero-order valence-electron chi connectivity index (χ0n) is 14.1. The summed E-state index contributed by atoms with van der Waals surface area (Å²) in [5, 5.41) is 6.93. The van der Waals surface area contributed by atoms with Gasteiger partial charge in [-0.2, -0.15) is 4.98 Å². The third-order valence-corrected chi connectivity index (χ3v) is 3.31. The number of aromatic nitrogens is 3. The average Bonchev–Trinajstić information content (AvgIpc) is 3.11. The van der Waals surface area contributed by atoms with E-state index >= 15 is 0 Å². The van der Waals surface area contributed by atoms with Crippen LogP contribution in [-0.4, -0.2) is 34.7 Å². The lowest BCUT2D eigenvalue weighted by atomic mass is 10.3. The van der Waals surface area contributed by atoms with Gasteiger partial charge in [0.05, 0.1) is 7.11 Å². The molecule has 136 valence electrons. The first-order valence-corrected chi connectivity index (χ1v) is 7.69. The standard InChI is InChI=1S/C17H18N6O2.HI/c1-24-13-6-4-5-12(11-13)21-17(18)20-10-8-15-22-16(25-23-15)14-7-2-3-9-19-14;/h2-7,9,11H,8,10H2,1H3,(H3,18,20,21);1H. The van der Waals surface area contributed by atoms with Gasteiger partial charge in [0.15, 0.2) is 11.8 Å². The Morgan fingerprint density at radius 3 is 2.92 bits per heavy atom. The zero-order valence-corrected chi connectivity index (χ0v) is 16.5. The van der Waals surface area contributed by atoms with Gasteiger partial charge in [-0.05, 0) is 24.3 Å². The van der Waals surface area contributed by atoms with Crippen molar-refractivity contribution in [1.82, 2.24) is 15.1 Å². The van der Waals surface area contributed by atoms with Crippen LogP contribution in [0.15, 0.2) is 58.2 Å². The highest BCUT2D eigenvalue weighted by Gasteiger charge is 2.09. The second kappa shape index (κ2) is 9.70. The number of aliphatic imine (C=N–C) groups is 1. The maximum absolute atomic E-state index is 5.88. The van der Waals surface area contributed by atoms with E-state index in [2.05, 4.69) is 25.4 Å². The molecule has 8 nitrogen and oxygen atoms in total. The van der Waals surface area contributed by atoms with Gasteiger partial charge in [-0.3, -0.25) is 9.98 Å². The topological polar surface area (TPSA) is 111 Å². The summed E-state index contributed by atoms with van der Waals surface area (Å²) in [5.74, 6) is 1.99. The summed E-state index contributed by atoms with van der Waals surface area (Å²) in [7, 11) is 1.61. The van der Waals surface area contributed by atoms with Crippen molar-refractivity contribution >= 4 is 35.6 Å². The lowest BCUT2D eigenvalue weighted by Crippen LogP contribution is -2.23. The minimum Gasteiger partial charge on any atom is -0.497 e. The van der Waals surface area contributed by atoms with Crippen LogP contribution in [0.2, 0.25) is 0 Å². The number of benzene rings is 1. The lowest BCUT2D eigenvalue weighted by molar-refractivity contribution is 0.415. The summed E-state index contributed by atoms with van der Waals surface area (Å²) >= 11 is 0. The molecule has 0 saturated heterocycles. The van der Waals surface area contributed by atoms with Crippen molar-refractivity contribution in [2.75, 3.05) is 19.0 Å². The average molecular weight is 466 g/mol. The van der Waals surface area contributed by atoms with Crippen LogP contribution >= 0.6 is 24.0 Å². The normalized spacial score (nSPS) is 10.9. The summed E-state index contributed by atoms with van der Waals surface area (Å²) in [5.41, 5.74) is 7.33. The molecule has 0 radical (unpaired) electrons. The molecule has 0 spiro atoms. The minimum atomic E-state index is 0. The number of hydrogen-bond donors (Lipinski definition) is 2. The quantitative estimate of drug-likeness (QED) is 0.327. The monoisotopic (exact) mass is 466 g/mol. The van der Waals surface area contributed by atoms with Crippen molar-refractivity contribution in [3.8, 4) is 17.3 Å². The summed E-state index contributed by atoms with van der Waals surface area (Å²) in [6.45, 7) is 0.435. The van der Waals surface area contributed by atoms with Crippen LogP contribution in [0.4, 0.5) is 5.69 Å². The van der Waals surface area contributed by atoms with E-state index < -0.39 is 0 Å². The molecule has 3 aromatic rings. The van der Waals surface area contributed by atoms with E-state index in [9.17, 15) is 0 Å². The predicted molar refractivity (Wildman–Crippen MR) is 110 cm³/mol. The Labute approximate surface area is 167 Å². The van der Waals surface area contributed by atoms with Gasteiger partial charge in [0, 0.05) is 30.9 Å². The molecule has 0 saturated carbocycles. The fourth-order valence-corrected chi connectivity index (χ4v) is 2.11. The number of halogens is 1. The fraction of sp³-hybridized carbons (Fsp3) is 0.176. The number of hydrogen-bond acceptors (Lipinski definition) is 6. The van der Waals surface area contributed by atoms with Crippen molar-refractivity contribution in [2.45, 2.75) is 6.42 Å². The van der Waals surface area contributed by atoms with Crippen LogP contribution < -0.4 is 15.8 Å². The van der Waals surface area contributed by atoms with Gasteiger partial charge in [-0.15, -0.1) is 24.0 Å². The Bertz CT molecular complexity index is 853. The first-order valence-electron chi connectivity index (χ1n) is 7.69. The first kappa shape index (κ1) is 19.6. The number of nitrogens with zero attached hydrogens (tertiary/aromatic N) is 4. The molecule has 2 heterocycles. The molecule has 0 aliphatic rings. The maximum atomic E-state index is 5.88. The first-order chi connectivity index (χ1) is 12.2. The molecule has 0 bridgehead atoms. The second-order valence-electron chi connectivity index (χ2n) is 5.10. The third kappa shape index (κ3) is 5.41. The van der Waals surface area contributed by atoms with Gasteiger partial charge >= 0.3 is 0 Å². The van der Waals surface area contributed by atoms with E-state index in [1.165, 1.54) is 0 Å². The van der Waals surface area contributed by atoms with Crippen LogP contribution in [0.25, 0.3) is 11.6 Å². The molecule has 0 aliphatic carbocycles. The molecular weight excluding hydrogens is 447 g/mol. The van der Waals surface area contributed by atoms with Gasteiger partial charge in [-0.25, -0.2) is 0 Å². The van der Waals surface area contributed by atoms with Crippen LogP contribution in [0, 0.1) is 0 Å². The van der Waals surface area contributed by atoms with Crippen molar-refractivity contribution in [1.29, 1.82) is 0 Å². The number of guanidine groups is 1. The van der Waals surface area contributed by atoms with E-state index in [0.29, 0.717) is 36.3 Å². The SMILES string of the molecule is COc1cccc(NC(N)=NCCc2noc(-c3ccccn3)n2)c1.I. The fourth-order valence-electron chi connectivity index (χ4n) is 2.11. The van der Waals surface area contributed by atoms with Crippen LogP contribution in [-0.2, 0) is 6.42 Å². The smallest absolute Gasteiger partial charge is 0.276 e. The van der Waals surface area contributed by atoms with Crippen LogP contribution in [0.1, 0.15) is 5.82 Å². The number of nitrogens with two attached hydrogens (primary N) is 1. The van der Waals surface area contributed by atoms with E-state index in [1.54, 1.807) is 13.3 Å². The Hall–Kier alpha value is -2.69. The number of nitrogens with one attached hydrogen (secondary N) is 1. The predicted octanol–water partition coefficient (Wildman–Crippen LogP) is 2.73. The summed E-state index contributed by atoms with van der Waals surface area (Å²) in [6, 6.07) is 12.9. The number of rotatable bonds is 6. The molecule has 9 heteroatoms. The summed E-state index contributed by atoms with van der Waals surface area (Å²) in [4.78, 5) is 12.7. The van der Waals surface area contributed by atoms with E-state index in [1.807, 2.05) is 42.5 Å². The Morgan fingerprint density at radius 2 is 2.15 bits per heavy atom. The molecule has 3 N–H and O–H groups in total. The minimum absolute atomic E-state index is 0. The van der Waals surface area contributed by atoms with Crippen molar-refractivity contribution in [3.05, 3.63) is 54.5 Å². The Morgan fingerprint density at radius 1 is 1.27 bits per heavy atom. The zero-order chi connectivity index (χ0) is 17.5. The lowest BCUT2D eigenvalue weighted by Gasteiger charge is -2.07. The second-order valence-corrected chi connectivity index (χ2v) is 5.10. The van der Waals surface area contributed by atoms with Gasteiger partial charge < -0.3 is 20.3 Å². The van der Waals surface area contributed by atoms with Gasteiger partial charge in [-0.1, -0.05) is 17.3 Å². The maximum Gasteiger partial charge on any atom is 0.276 e. The molecule has 0 unspecified atom stereocenters. The number of anilines is 1. The number of pyridine rings is 1. The molecule has 0 fully saturated rings. The molecule has 1 aromatic carbocycles. The molecule has 3 rings (SSSR count). The highest BCUT2D eigenvalue weighted by molar-refractivity contribution is 14.0. The van der Waals surface area contributed by atoms with Crippen molar-refractivity contribution < 1.29 is 9.26 Å². The van der Waals surface area contributed by atoms with Crippen LogP contribution in [0.3, 0.4) is 0 Å². The van der Waals surface area contributed by atoms with Crippen molar-refractivity contribution in [3.63, 3.8) is 0 Å². The Kier molecular flexibility index (Phi) is 7.33. The van der Waals surface area contributed by atoms with E-state index in [-0.39, 0.29) is 24.0 Å². The summed E-state index contributed by atoms with van der Waals surface area (Å²) in [6.07, 6.45) is 2.19. The van der Waals surface area contributed by atoms with E-state index in [0.717, 1.165) is 11.4 Å². The van der Waals surface area contributed by atoms with Gasteiger partial charge in [0.2, 0.25) is 0 Å². The van der Waals surface area contributed by atoms with Gasteiger partial charge in [0.25, 0.3) is 5.89 Å². The molecule has 26 heavy (non-hydrogen) atoms. The van der Waals surface area contributed by atoms with E-state index in [4.69, 9.17) is 15.0 Å². The van der Waals surface area contributed by atoms with Crippen LogP contribution in [0.5, 0.6) is 5.75 Å². The molecule has 0 aliphatic heterocycles.